The van der Waals surface area contributed by atoms with Crippen LogP contribution in [0.2, 0.25) is 0 Å². The van der Waals surface area contributed by atoms with Gasteiger partial charge in [-0.05, 0) is 65.2 Å². The van der Waals surface area contributed by atoms with E-state index in [4.69, 9.17) is 0 Å². The zero-order valence-corrected chi connectivity index (χ0v) is 14.0. The van der Waals surface area contributed by atoms with Gasteiger partial charge in [0, 0.05) is 21.1 Å². The molecule has 2 aromatic rings. The molecule has 0 spiro atoms. The number of nitrogens with one attached hydrogen (secondary N) is 1. The molecule has 4 heteroatoms. The van der Waals surface area contributed by atoms with Gasteiger partial charge in [-0.3, -0.25) is 0 Å². The van der Waals surface area contributed by atoms with Crippen LogP contribution in [0.4, 0.5) is 5.69 Å². The van der Waals surface area contributed by atoms with Crippen LogP contribution in [0.1, 0.15) is 16.7 Å². The number of aryl methyl sites for hydroxylation is 2. The highest BCUT2D eigenvalue weighted by Gasteiger charge is 2.07. The molecule has 0 amide bonds. The lowest BCUT2D eigenvalue weighted by atomic mass is 10.1. The molecule has 0 atom stereocenters. The Morgan fingerprint density at radius 1 is 1.11 bits per heavy atom. The van der Waals surface area contributed by atoms with E-state index >= 15 is 0 Å². The number of anilines is 1. The summed E-state index contributed by atoms with van der Waals surface area (Å²) >= 11 is 6.98. The first-order valence-electron chi connectivity index (χ1n) is 5.95. The van der Waals surface area contributed by atoms with Gasteiger partial charge in [0.25, 0.3) is 0 Å². The molecule has 100 valence electrons. The summed E-state index contributed by atoms with van der Waals surface area (Å²) in [5, 5.41) is 13.2. The summed E-state index contributed by atoms with van der Waals surface area (Å²) in [4.78, 5) is 0. The standard InChI is InChI=1S/C15H15Br2NO/c1-9-5-10(2)15(13(17)6-9)18-8-11-7-12(16)3-4-14(11)19/h3-7,18-19H,8H2,1-2H3. The second-order valence-corrected chi connectivity index (χ2v) is 6.34. The molecule has 0 aromatic heterocycles. The van der Waals surface area contributed by atoms with Crippen molar-refractivity contribution < 1.29 is 5.11 Å². The van der Waals surface area contributed by atoms with Crippen molar-refractivity contribution in [1.82, 2.24) is 0 Å². The molecule has 19 heavy (non-hydrogen) atoms. The Morgan fingerprint density at radius 3 is 2.53 bits per heavy atom. The van der Waals surface area contributed by atoms with Gasteiger partial charge in [0.1, 0.15) is 5.75 Å². The highest BCUT2D eigenvalue weighted by atomic mass is 79.9. The Balaban J connectivity index is 2.21. The SMILES string of the molecule is Cc1cc(C)c(NCc2cc(Br)ccc2O)c(Br)c1. The monoisotopic (exact) mass is 383 g/mol. The van der Waals surface area contributed by atoms with Gasteiger partial charge in [0.05, 0.1) is 5.69 Å². The van der Waals surface area contributed by atoms with Gasteiger partial charge in [-0.2, -0.15) is 0 Å². The summed E-state index contributed by atoms with van der Waals surface area (Å²) < 4.78 is 2.00. The molecule has 0 heterocycles. The largest absolute Gasteiger partial charge is 0.508 e. The molecular formula is C15H15Br2NO. The van der Waals surface area contributed by atoms with Gasteiger partial charge in [-0.25, -0.2) is 0 Å². The van der Waals surface area contributed by atoms with Gasteiger partial charge in [0.15, 0.2) is 0 Å². The maximum atomic E-state index is 9.82. The quantitative estimate of drug-likeness (QED) is 0.767. The molecule has 2 nitrogen and oxygen atoms in total. The summed E-state index contributed by atoms with van der Waals surface area (Å²) in [5.74, 6) is 0.302. The van der Waals surface area contributed by atoms with E-state index in [1.54, 1.807) is 6.07 Å². The molecule has 0 unspecified atom stereocenters. The van der Waals surface area contributed by atoms with E-state index in [1.165, 1.54) is 11.1 Å². The molecule has 0 radical (unpaired) electrons. The van der Waals surface area contributed by atoms with Crippen LogP contribution in [0.5, 0.6) is 5.75 Å². The molecule has 0 aliphatic carbocycles. The Morgan fingerprint density at radius 2 is 1.84 bits per heavy atom. The van der Waals surface area contributed by atoms with Crippen LogP contribution < -0.4 is 5.32 Å². The number of phenols is 1. The van der Waals surface area contributed by atoms with Crippen molar-refractivity contribution in [2.24, 2.45) is 0 Å². The number of phenolic OH excluding ortho intramolecular Hbond substituents is 1. The van der Waals surface area contributed by atoms with Gasteiger partial charge < -0.3 is 10.4 Å². The van der Waals surface area contributed by atoms with Crippen LogP contribution in [-0.2, 0) is 6.54 Å². The lowest BCUT2D eigenvalue weighted by Crippen LogP contribution is -2.02. The second-order valence-electron chi connectivity index (χ2n) is 4.57. The molecule has 0 fully saturated rings. The highest BCUT2D eigenvalue weighted by molar-refractivity contribution is 9.10. The number of halogens is 2. The third kappa shape index (κ3) is 3.51. The zero-order chi connectivity index (χ0) is 14.0. The number of aromatic hydroxyl groups is 1. The normalized spacial score (nSPS) is 10.5. The van der Waals surface area contributed by atoms with Crippen molar-refractivity contribution in [2.45, 2.75) is 20.4 Å². The minimum absolute atomic E-state index is 0.302. The van der Waals surface area contributed by atoms with E-state index in [9.17, 15) is 5.11 Å². The molecule has 0 saturated heterocycles. The first-order valence-corrected chi connectivity index (χ1v) is 7.54. The van der Waals surface area contributed by atoms with E-state index < -0.39 is 0 Å². The summed E-state index contributed by atoms with van der Waals surface area (Å²) in [7, 11) is 0. The Kier molecular flexibility index (Phi) is 4.53. The van der Waals surface area contributed by atoms with Gasteiger partial charge in [-0.1, -0.05) is 22.0 Å². The van der Waals surface area contributed by atoms with Gasteiger partial charge in [-0.15, -0.1) is 0 Å². The first kappa shape index (κ1) is 14.4. The molecule has 2 aromatic carbocycles. The van der Waals surface area contributed by atoms with Gasteiger partial charge in [0.2, 0.25) is 0 Å². The molecule has 0 bridgehead atoms. The molecule has 0 aliphatic heterocycles. The van der Waals surface area contributed by atoms with Crippen LogP contribution in [0.15, 0.2) is 39.3 Å². The summed E-state index contributed by atoms with van der Waals surface area (Å²) in [6.07, 6.45) is 0. The number of hydrogen-bond donors (Lipinski definition) is 2. The highest BCUT2D eigenvalue weighted by Crippen LogP contribution is 2.29. The molecule has 2 N–H and O–H groups in total. The van der Waals surface area contributed by atoms with Crippen LogP contribution in [0.25, 0.3) is 0 Å². The predicted octanol–water partition coefficient (Wildman–Crippen LogP) is 5.15. The van der Waals surface area contributed by atoms with Crippen molar-refractivity contribution >= 4 is 37.5 Å². The lowest BCUT2D eigenvalue weighted by Gasteiger charge is -2.14. The van der Waals surface area contributed by atoms with E-state index in [2.05, 4.69) is 63.2 Å². The Labute approximate surface area is 130 Å². The van der Waals surface area contributed by atoms with Crippen LogP contribution in [-0.4, -0.2) is 5.11 Å². The number of rotatable bonds is 3. The van der Waals surface area contributed by atoms with Crippen LogP contribution in [0.3, 0.4) is 0 Å². The topological polar surface area (TPSA) is 32.3 Å². The van der Waals surface area contributed by atoms with Crippen molar-refractivity contribution in [3.63, 3.8) is 0 Å². The Hall–Kier alpha value is -1.00. The molecule has 0 aliphatic rings. The zero-order valence-electron chi connectivity index (χ0n) is 10.8. The third-order valence-electron chi connectivity index (χ3n) is 2.93. The average molecular weight is 385 g/mol. The van der Waals surface area contributed by atoms with Crippen molar-refractivity contribution in [1.29, 1.82) is 0 Å². The predicted molar refractivity (Wildman–Crippen MR) is 86.7 cm³/mol. The van der Waals surface area contributed by atoms with E-state index in [0.29, 0.717) is 12.3 Å². The van der Waals surface area contributed by atoms with Crippen molar-refractivity contribution in [2.75, 3.05) is 5.32 Å². The molecule has 2 rings (SSSR count). The van der Waals surface area contributed by atoms with E-state index in [1.807, 2.05) is 12.1 Å². The Bertz CT molecular complexity index is 588. The first-order chi connectivity index (χ1) is 8.97. The van der Waals surface area contributed by atoms with E-state index in [0.717, 1.165) is 20.2 Å². The summed E-state index contributed by atoms with van der Waals surface area (Å²) in [5.41, 5.74) is 4.33. The van der Waals surface area contributed by atoms with Crippen molar-refractivity contribution in [3.05, 3.63) is 56.0 Å². The van der Waals surface area contributed by atoms with Crippen molar-refractivity contribution in [3.8, 4) is 5.75 Å². The third-order valence-corrected chi connectivity index (χ3v) is 4.05. The fourth-order valence-corrected chi connectivity index (χ4v) is 3.24. The molecular weight excluding hydrogens is 370 g/mol. The maximum absolute atomic E-state index is 9.82. The van der Waals surface area contributed by atoms with E-state index in [-0.39, 0.29) is 0 Å². The van der Waals surface area contributed by atoms with Gasteiger partial charge >= 0.3 is 0 Å². The number of hydrogen-bond acceptors (Lipinski definition) is 2. The second kappa shape index (κ2) is 5.97. The fraction of sp³-hybridized carbons (Fsp3) is 0.200. The van der Waals surface area contributed by atoms with Crippen LogP contribution in [0, 0.1) is 13.8 Å². The average Bonchev–Trinajstić information content (AvgIpc) is 2.32. The smallest absolute Gasteiger partial charge is 0.120 e. The van der Waals surface area contributed by atoms with Crippen LogP contribution >= 0.6 is 31.9 Å². The summed E-state index contributed by atoms with van der Waals surface area (Å²) in [6.45, 7) is 4.72. The maximum Gasteiger partial charge on any atom is 0.120 e. The summed E-state index contributed by atoms with van der Waals surface area (Å²) in [6, 6.07) is 9.65. The minimum Gasteiger partial charge on any atom is -0.508 e. The fourth-order valence-electron chi connectivity index (χ4n) is 2.02. The lowest BCUT2D eigenvalue weighted by molar-refractivity contribution is 0.469. The minimum atomic E-state index is 0.302. The number of benzene rings is 2. The molecule has 0 saturated carbocycles.